The maximum atomic E-state index is 11.2. The van der Waals surface area contributed by atoms with Crippen LogP contribution in [-0.2, 0) is 11.3 Å². The van der Waals surface area contributed by atoms with Gasteiger partial charge in [0.05, 0.1) is 6.54 Å². The average molecular weight is 213 g/mol. The molecule has 0 spiro atoms. The van der Waals surface area contributed by atoms with E-state index in [1.807, 2.05) is 0 Å². The summed E-state index contributed by atoms with van der Waals surface area (Å²) in [5, 5.41) is 6.00. The molecule has 0 aromatic carbocycles. The highest BCUT2D eigenvalue weighted by atomic mass is 16.6. The SMILES string of the molecule is CC(C)(C)OC(=O)NCc1cc(N)no1. The van der Waals surface area contributed by atoms with Crippen LogP contribution >= 0.6 is 0 Å². The second kappa shape index (κ2) is 4.20. The summed E-state index contributed by atoms with van der Waals surface area (Å²) in [6.07, 6.45) is -0.502. The molecule has 1 rings (SSSR count). The van der Waals surface area contributed by atoms with Crippen molar-refractivity contribution in [1.29, 1.82) is 0 Å². The van der Waals surface area contributed by atoms with E-state index in [2.05, 4.69) is 10.5 Å². The fraction of sp³-hybridized carbons (Fsp3) is 0.556. The number of amides is 1. The Bertz CT molecular complexity index is 341. The van der Waals surface area contributed by atoms with Crippen molar-refractivity contribution < 1.29 is 14.1 Å². The third-order valence-electron chi connectivity index (χ3n) is 1.38. The number of hydrogen-bond acceptors (Lipinski definition) is 5. The third-order valence-corrected chi connectivity index (χ3v) is 1.38. The minimum absolute atomic E-state index is 0.207. The first-order valence-corrected chi connectivity index (χ1v) is 4.55. The number of carbonyl (C=O) groups is 1. The van der Waals surface area contributed by atoms with Crippen LogP contribution < -0.4 is 11.1 Å². The summed E-state index contributed by atoms with van der Waals surface area (Å²) in [6, 6.07) is 1.54. The summed E-state index contributed by atoms with van der Waals surface area (Å²) in [5.74, 6) is 0.773. The topological polar surface area (TPSA) is 90.4 Å². The molecule has 6 heteroatoms. The Morgan fingerprint density at radius 3 is 2.80 bits per heavy atom. The summed E-state index contributed by atoms with van der Waals surface area (Å²) in [4.78, 5) is 11.2. The summed E-state index contributed by atoms with van der Waals surface area (Å²) in [7, 11) is 0. The minimum Gasteiger partial charge on any atom is -0.444 e. The van der Waals surface area contributed by atoms with E-state index >= 15 is 0 Å². The highest BCUT2D eigenvalue weighted by Crippen LogP contribution is 2.07. The highest BCUT2D eigenvalue weighted by Gasteiger charge is 2.16. The van der Waals surface area contributed by atoms with Gasteiger partial charge in [-0.25, -0.2) is 4.79 Å². The van der Waals surface area contributed by atoms with Crippen molar-refractivity contribution in [2.75, 3.05) is 5.73 Å². The molecule has 0 fully saturated rings. The third kappa shape index (κ3) is 4.35. The number of nitrogens with one attached hydrogen (secondary N) is 1. The second-order valence-electron chi connectivity index (χ2n) is 4.07. The number of aromatic nitrogens is 1. The summed E-state index contributed by atoms with van der Waals surface area (Å²) >= 11 is 0. The molecule has 0 aliphatic carbocycles. The van der Waals surface area contributed by atoms with E-state index in [1.165, 1.54) is 6.07 Å². The van der Waals surface area contributed by atoms with Crippen LogP contribution in [0.4, 0.5) is 10.6 Å². The van der Waals surface area contributed by atoms with E-state index in [4.69, 9.17) is 15.0 Å². The van der Waals surface area contributed by atoms with Crippen LogP contribution in [0.5, 0.6) is 0 Å². The molecule has 0 saturated heterocycles. The number of anilines is 1. The molecule has 1 heterocycles. The number of nitrogen functional groups attached to an aromatic ring is 1. The highest BCUT2D eigenvalue weighted by molar-refractivity contribution is 5.67. The van der Waals surface area contributed by atoms with Crippen molar-refractivity contribution >= 4 is 11.9 Å². The zero-order valence-corrected chi connectivity index (χ0v) is 9.03. The van der Waals surface area contributed by atoms with E-state index in [-0.39, 0.29) is 12.4 Å². The lowest BCUT2D eigenvalue weighted by Crippen LogP contribution is -2.32. The smallest absolute Gasteiger partial charge is 0.408 e. The predicted octanol–water partition coefficient (Wildman–Crippen LogP) is 1.28. The van der Waals surface area contributed by atoms with Gasteiger partial charge >= 0.3 is 6.09 Å². The van der Waals surface area contributed by atoms with Crippen molar-refractivity contribution in [2.45, 2.75) is 32.9 Å². The van der Waals surface area contributed by atoms with Gasteiger partial charge in [-0.2, -0.15) is 0 Å². The largest absolute Gasteiger partial charge is 0.444 e. The number of ether oxygens (including phenoxy) is 1. The number of nitrogens with zero attached hydrogens (tertiary/aromatic N) is 1. The van der Waals surface area contributed by atoms with Crippen LogP contribution in [0.3, 0.4) is 0 Å². The van der Waals surface area contributed by atoms with Gasteiger partial charge in [-0.1, -0.05) is 5.16 Å². The first-order valence-electron chi connectivity index (χ1n) is 4.55. The van der Waals surface area contributed by atoms with Crippen molar-refractivity contribution in [1.82, 2.24) is 10.5 Å². The summed E-state index contributed by atoms with van der Waals surface area (Å²) in [6.45, 7) is 5.58. The molecule has 3 N–H and O–H groups in total. The second-order valence-corrected chi connectivity index (χ2v) is 4.07. The Hall–Kier alpha value is -1.72. The Labute approximate surface area is 87.8 Å². The van der Waals surface area contributed by atoms with E-state index in [0.29, 0.717) is 5.76 Å². The van der Waals surface area contributed by atoms with Crippen LogP contribution in [0, 0.1) is 0 Å². The molecule has 0 aliphatic heterocycles. The number of alkyl carbamates (subject to hydrolysis) is 1. The normalized spacial score (nSPS) is 11.1. The number of carbonyl (C=O) groups excluding carboxylic acids is 1. The molecule has 0 unspecified atom stereocenters. The van der Waals surface area contributed by atoms with E-state index in [1.54, 1.807) is 20.8 Å². The van der Waals surface area contributed by atoms with Crippen LogP contribution in [0.1, 0.15) is 26.5 Å². The fourth-order valence-corrected chi connectivity index (χ4v) is 0.886. The molecule has 0 aliphatic rings. The predicted molar refractivity (Wildman–Crippen MR) is 54.0 cm³/mol. The molecule has 6 nitrogen and oxygen atoms in total. The monoisotopic (exact) mass is 213 g/mol. The van der Waals surface area contributed by atoms with Crippen LogP contribution in [0.25, 0.3) is 0 Å². The molecule has 0 atom stereocenters. The summed E-state index contributed by atoms with van der Waals surface area (Å²) < 4.78 is 9.82. The minimum atomic E-state index is -0.509. The molecule has 1 aromatic heterocycles. The molecule has 15 heavy (non-hydrogen) atoms. The Kier molecular flexibility index (Phi) is 3.18. The van der Waals surface area contributed by atoms with Gasteiger partial charge in [-0.15, -0.1) is 0 Å². The number of hydrogen-bond donors (Lipinski definition) is 2. The Morgan fingerprint density at radius 2 is 2.33 bits per heavy atom. The first kappa shape index (κ1) is 11.4. The Balaban J connectivity index is 2.35. The molecule has 1 aromatic rings. The van der Waals surface area contributed by atoms with Gasteiger partial charge in [0.25, 0.3) is 0 Å². The fourth-order valence-electron chi connectivity index (χ4n) is 0.886. The Morgan fingerprint density at radius 1 is 1.67 bits per heavy atom. The van der Waals surface area contributed by atoms with Crippen LogP contribution in [-0.4, -0.2) is 16.9 Å². The zero-order chi connectivity index (χ0) is 11.5. The van der Waals surface area contributed by atoms with Crippen molar-refractivity contribution in [2.24, 2.45) is 0 Å². The molecule has 0 bridgehead atoms. The lowest BCUT2D eigenvalue weighted by Gasteiger charge is -2.19. The first-order chi connectivity index (χ1) is 6.87. The molecular weight excluding hydrogens is 198 g/mol. The molecule has 84 valence electrons. The van der Waals surface area contributed by atoms with Crippen molar-refractivity contribution in [3.05, 3.63) is 11.8 Å². The quantitative estimate of drug-likeness (QED) is 0.772. The maximum Gasteiger partial charge on any atom is 0.408 e. The average Bonchev–Trinajstić information content (AvgIpc) is 2.45. The van der Waals surface area contributed by atoms with Gasteiger partial charge in [-0.3, -0.25) is 0 Å². The van der Waals surface area contributed by atoms with E-state index in [9.17, 15) is 4.79 Å². The standard InChI is InChI=1S/C9H15N3O3/c1-9(2,3)14-8(13)11-5-6-4-7(10)12-15-6/h4H,5H2,1-3H3,(H2,10,12)(H,11,13). The van der Waals surface area contributed by atoms with Crippen molar-refractivity contribution in [3.63, 3.8) is 0 Å². The molecule has 0 saturated carbocycles. The number of rotatable bonds is 2. The van der Waals surface area contributed by atoms with E-state index < -0.39 is 11.7 Å². The van der Waals surface area contributed by atoms with Crippen LogP contribution in [0.15, 0.2) is 10.6 Å². The molecule has 0 radical (unpaired) electrons. The molecular formula is C9H15N3O3. The zero-order valence-electron chi connectivity index (χ0n) is 9.03. The lowest BCUT2D eigenvalue weighted by molar-refractivity contribution is 0.0519. The van der Waals surface area contributed by atoms with Crippen molar-refractivity contribution in [3.8, 4) is 0 Å². The number of nitrogens with two attached hydrogens (primary N) is 1. The lowest BCUT2D eigenvalue weighted by atomic mass is 10.2. The van der Waals surface area contributed by atoms with Gasteiger partial charge in [0.1, 0.15) is 5.60 Å². The van der Waals surface area contributed by atoms with Gasteiger partial charge in [-0.05, 0) is 20.8 Å². The van der Waals surface area contributed by atoms with Gasteiger partial charge < -0.3 is 20.3 Å². The van der Waals surface area contributed by atoms with E-state index in [0.717, 1.165) is 0 Å². The van der Waals surface area contributed by atoms with Gasteiger partial charge in [0, 0.05) is 6.07 Å². The van der Waals surface area contributed by atoms with Gasteiger partial charge in [0.2, 0.25) is 0 Å². The van der Waals surface area contributed by atoms with Gasteiger partial charge in [0.15, 0.2) is 11.6 Å². The molecule has 1 amide bonds. The van der Waals surface area contributed by atoms with Crippen LogP contribution in [0.2, 0.25) is 0 Å². The summed E-state index contributed by atoms with van der Waals surface area (Å²) in [5.41, 5.74) is 4.83. The maximum absolute atomic E-state index is 11.2.